The highest BCUT2D eigenvalue weighted by Gasteiger charge is 2.17. The molecule has 0 bridgehead atoms. The van der Waals surface area contributed by atoms with Crippen LogP contribution in [-0.2, 0) is 12.8 Å². The van der Waals surface area contributed by atoms with E-state index < -0.39 is 0 Å². The Balaban J connectivity index is 0.000000271. The molecule has 0 aromatic heterocycles. The molecule has 4 rings (SSSR count). The summed E-state index contributed by atoms with van der Waals surface area (Å²) in [4.78, 5) is 24.8. The number of benzene rings is 4. The first-order valence-corrected chi connectivity index (χ1v) is 17.0. The molecule has 8 heteroatoms. The average Bonchev–Trinajstić information content (AvgIpc) is 3.13. The van der Waals surface area contributed by atoms with E-state index in [2.05, 4.69) is 17.6 Å². The second-order valence-corrected chi connectivity index (χ2v) is 11.5. The number of aryl methyl sites for hydroxylation is 4. The molecule has 0 amide bonds. The summed E-state index contributed by atoms with van der Waals surface area (Å²) in [6.45, 7) is 12.6. The molecule has 0 fully saturated rings. The van der Waals surface area contributed by atoms with Gasteiger partial charge < -0.3 is 30.3 Å². The largest absolute Gasteiger partial charge is 0.507 e. The SMILES string of the molecule is CCOc1c(C)cc(C)c(O)c1C=CC(=O)c1ccc(NC)cc1.CCOc1c(CC)cc(CC)c(O)c1C=CC(=O)c1ccc(NC)cc1. The minimum Gasteiger partial charge on any atom is -0.507 e. The topological polar surface area (TPSA) is 117 Å². The third-order valence-electron chi connectivity index (χ3n) is 8.17. The van der Waals surface area contributed by atoms with E-state index in [0.717, 1.165) is 40.0 Å². The fraction of sp³-hybridized carbons (Fsp3) is 0.286. The van der Waals surface area contributed by atoms with Crippen LogP contribution in [0.15, 0.2) is 72.8 Å². The standard InChI is InChI=1S/C22H27NO3.C20H23NO3/c1-5-15-14-16(6-2)22(26-7-3)19(21(15)25)12-13-20(24)17-8-10-18(23-4)11-9-17;1-5-24-20-14(3)12-13(2)19(23)17(20)10-11-18(22)15-6-8-16(21-4)9-7-15/h8-14,23,25H,5-7H2,1-4H3;6-12,21,23H,5H2,1-4H3. The molecular formula is C42H50N2O6. The maximum atomic E-state index is 12.5. The zero-order valence-electron chi connectivity index (χ0n) is 30.4. The molecule has 0 saturated carbocycles. The maximum Gasteiger partial charge on any atom is 0.185 e. The predicted molar refractivity (Wildman–Crippen MR) is 205 cm³/mol. The quantitative estimate of drug-likeness (QED) is 0.0771. The summed E-state index contributed by atoms with van der Waals surface area (Å²) in [5.41, 5.74) is 7.76. The first-order chi connectivity index (χ1) is 24.0. The van der Waals surface area contributed by atoms with Crippen molar-refractivity contribution in [2.75, 3.05) is 37.9 Å². The van der Waals surface area contributed by atoms with Gasteiger partial charge in [-0.1, -0.05) is 13.8 Å². The molecule has 264 valence electrons. The molecule has 4 N–H and O–H groups in total. The molecule has 0 aliphatic rings. The van der Waals surface area contributed by atoms with E-state index in [4.69, 9.17) is 9.47 Å². The summed E-state index contributed by atoms with van der Waals surface area (Å²) in [5, 5.41) is 27.0. The lowest BCUT2D eigenvalue weighted by atomic mass is 9.98. The van der Waals surface area contributed by atoms with Crippen LogP contribution in [0.5, 0.6) is 23.0 Å². The van der Waals surface area contributed by atoms with Gasteiger partial charge in [-0.2, -0.15) is 0 Å². The Bertz CT molecular complexity index is 1820. The second kappa shape index (κ2) is 18.9. The van der Waals surface area contributed by atoms with Gasteiger partial charge in [0.15, 0.2) is 11.6 Å². The van der Waals surface area contributed by atoms with Gasteiger partial charge in [0.1, 0.15) is 23.0 Å². The average molecular weight is 679 g/mol. The summed E-state index contributed by atoms with van der Waals surface area (Å²) in [7, 11) is 3.66. The molecule has 0 heterocycles. The van der Waals surface area contributed by atoms with E-state index in [-0.39, 0.29) is 23.1 Å². The molecule has 0 aliphatic heterocycles. The molecule has 0 radical (unpaired) electrons. The molecule has 0 spiro atoms. The number of nitrogens with one attached hydrogen (secondary N) is 2. The van der Waals surface area contributed by atoms with E-state index in [0.29, 0.717) is 53.4 Å². The van der Waals surface area contributed by atoms with Crippen molar-refractivity contribution < 1.29 is 29.3 Å². The van der Waals surface area contributed by atoms with Gasteiger partial charge in [0.25, 0.3) is 0 Å². The van der Waals surface area contributed by atoms with Gasteiger partial charge in [-0.3, -0.25) is 9.59 Å². The fourth-order valence-electron chi connectivity index (χ4n) is 5.39. The number of rotatable bonds is 14. The first-order valence-electron chi connectivity index (χ1n) is 17.0. The number of phenolic OH excluding ortho intramolecular Hbond substituents is 2. The lowest BCUT2D eigenvalue weighted by Gasteiger charge is -2.16. The monoisotopic (exact) mass is 678 g/mol. The number of carbonyl (C=O) groups is 2. The number of allylic oxidation sites excluding steroid dienone is 2. The fourth-order valence-corrected chi connectivity index (χ4v) is 5.39. The predicted octanol–water partition coefficient (Wildman–Crippen LogP) is 9.20. The van der Waals surface area contributed by atoms with Gasteiger partial charge in [0.2, 0.25) is 0 Å². The van der Waals surface area contributed by atoms with Crippen molar-refractivity contribution >= 4 is 35.1 Å². The van der Waals surface area contributed by atoms with Gasteiger partial charge in [-0.25, -0.2) is 0 Å². The van der Waals surface area contributed by atoms with Gasteiger partial charge in [-0.15, -0.1) is 0 Å². The van der Waals surface area contributed by atoms with Crippen molar-refractivity contribution in [1.82, 2.24) is 0 Å². The summed E-state index contributed by atoms with van der Waals surface area (Å²) < 4.78 is 11.4. The number of phenols is 2. The van der Waals surface area contributed by atoms with Crippen LogP contribution in [0.25, 0.3) is 12.2 Å². The lowest BCUT2D eigenvalue weighted by molar-refractivity contribution is 0.103. The third-order valence-corrected chi connectivity index (χ3v) is 8.17. The summed E-state index contributed by atoms with van der Waals surface area (Å²) in [5.74, 6) is 1.34. The molecule has 0 aliphatic carbocycles. The second-order valence-electron chi connectivity index (χ2n) is 11.5. The number of ether oxygens (including phenoxy) is 2. The Morgan fingerprint density at radius 3 is 1.48 bits per heavy atom. The van der Waals surface area contributed by atoms with Crippen molar-refractivity contribution in [3.63, 3.8) is 0 Å². The van der Waals surface area contributed by atoms with Gasteiger partial charge in [0.05, 0.1) is 24.3 Å². The molecular weight excluding hydrogens is 628 g/mol. The Morgan fingerprint density at radius 1 is 0.620 bits per heavy atom. The van der Waals surface area contributed by atoms with Crippen molar-refractivity contribution in [1.29, 1.82) is 0 Å². The number of hydrogen-bond acceptors (Lipinski definition) is 8. The normalized spacial score (nSPS) is 10.9. The van der Waals surface area contributed by atoms with E-state index >= 15 is 0 Å². The molecule has 0 atom stereocenters. The zero-order valence-corrected chi connectivity index (χ0v) is 30.4. The smallest absolute Gasteiger partial charge is 0.185 e. The van der Waals surface area contributed by atoms with Crippen LogP contribution in [0, 0.1) is 13.8 Å². The van der Waals surface area contributed by atoms with Crippen LogP contribution in [0.3, 0.4) is 0 Å². The molecule has 4 aromatic carbocycles. The number of aromatic hydroxyl groups is 2. The summed E-state index contributed by atoms with van der Waals surface area (Å²) in [6.07, 6.45) is 7.74. The highest BCUT2D eigenvalue weighted by molar-refractivity contribution is 6.08. The van der Waals surface area contributed by atoms with Crippen LogP contribution in [0.4, 0.5) is 11.4 Å². The number of ketones is 2. The summed E-state index contributed by atoms with van der Waals surface area (Å²) in [6, 6.07) is 18.4. The van der Waals surface area contributed by atoms with Crippen LogP contribution < -0.4 is 20.1 Å². The number of carbonyl (C=O) groups excluding carboxylic acids is 2. The Labute approximate surface area is 296 Å². The number of hydrogen-bond donors (Lipinski definition) is 4. The van der Waals surface area contributed by atoms with Crippen molar-refractivity contribution in [2.24, 2.45) is 0 Å². The van der Waals surface area contributed by atoms with E-state index in [1.54, 1.807) is 36.4 Å². The van der Waals surface area contributed by atoms with Crippen molar-refractivity contribution in [3.05, 3.63) is 117 Å². The highest BCUT2D eigenvalue weighted by atomic mass is 16.5. The van der Waals surface area contributed by atoms with E-state index in [1.165, 1.54) is 12.2 Å². The minimum atomic E-state index is -0.126. The number of anilines is 2. The Hall–Kier alpha value is -5.50. The van der Waals surface area contributed by atoms with Gasteiger partial charge in [-0.05, 0) is 148 Å². The van der Waals surface area contributed by atoms with E-state index in [9.17, 15) is 19.8 Å². The van der Waals surface area contributed by atoms with Crippen molar-refractivity contribution in [3.8, 4) is 23.0 Å². The van der Waals surface area contributed by atoms with Crippen molar-refractivity contribution in [2.45, 2.75) is 54.4 Å². The first kappa shape index (κ1) is 38.9. The Kier molecular flexibility index (Phi) is 14.7. The van der Waals surface area contributed by atoms with E-state index in [1.807, 2.05) is 85.1 Å². The summed E-state index contributed by atoms with van der Waals surface area (Å²) >= 11 is 0. The zero-order chi connectivity index (χ0) is 36.8. The van der Waals surface area contributed by atoms with Crippen LogP contribution in [0.1, 0.15) is 81.8 Å². The minimum absolute atomic E-state index is 0.116. The molecule has 0 unspecified atom stereocenters. The van der Waals surface area contributed by atoms with Crippen LogP contribution in [-0.4, -0.2) is 49.1 Å². The molecule has 4 aromatic rings. The molecule has 50 heavy (non-hydrogen) atoms. The third kappa shape index (κ3) is 9.78. The van der Waals surface area contributed by atoms with Gasteiger partial charge in [0, 0.05) is 36.6 Å². The van der Waals surface area contributed by atoms with Crippen LogP contribution in [0.2, 0.25) is 0 Å². The Morgan fingerprint density at radius 2 is 1.06 bits per heavy atom. The lowest BCUT2D eigenvalue weighted by Crippen LogP contribution is -2.02. The van der Waals surface area contributed by atoms with Gasteiger partial charge >= 0.3 is 0 Å². The van der Waals surface area contributed by atoms with Crippen LogP contribution >= 0.6 is 0 Å². The maximum absolute atomic E-state index is 12.5. The highest BCUT2D eigenvalue weighted by Crippen LogP contribution is 2.38. The molecule has 8 nitrogen and oxygen atoms in total. The molecule has 0 saturated heterocycles.